The fourth-order valence-electron chi connectivity index (χ4n) is 3.04. The maximum absolute atomic E-state index is 9.08. The lowest BCUT2D eigenvalue weighted by molar-refractivity contribution is 0.884. The van der Waals surface area contributed by atoms with Crippen LogP contribution in [0.15, 0.2) is 67.0 Å². The summed E-state index contributed by atoms with van der Waals surface area (Å²) in [6, 6.07) is 20.0. The summed E-state index contributed by atoms with van der Waals surface area (Å²) in [7, 11) is 0. The number of hydrogen-bond acceptors (Lipinski definition) is 4. The summed E-state index contributed by atoms with van der Waals surface area (Å²) in [4.78, 5) is 4.07. The Kier molecular flexibility index (Phi) is 4.08. The summed E-state index contributed by atoms with van der Waals surface area (Å²) >= 11 is 0. The van der Waals surface area contributed by atoms with E-state index in [-0.39, 0.29) is 6.04 Å². The lowest BCUT2D eigenvalue weighted by atomic mass is 10.0. The number of H-pyrrole nitrogens is 1. The highest BCUT2D eigenvalue weighted by Gasteiger charge is 2.11. The van der Waals surface area contributed by atoms with Crippen molar-refractivity contribution in [3.63, 3.8) is 0 Å². The van der Waals surface area contributed by atoms with Crippen molar-refractivity contribution in [1.82, 2.24) is 15.2 Å². The highest BCUT2D eigenvalue weighted by atomic mass is 15.1. The Hall–Kier alpha value is -3.65. The monoisotopic (exact) mass is 339 g/mol. The number of fused-ring (bicyclic) bond motifs is 1. The van der Waals surface area contributed by atoms with Gasteiger partial charge in [-0.15, -0.1) is 0 Å². The molecule has 0 saturated heterocycles. The molecule has 0 unspecified atom stereocenters. The first kappa shape index (κ1) is 15.9. The number of nitrogens with one attached hydrogen (secondary N) is 2. The number of hydrogen-bond donors (Lipinski definition) is 2. The molecule has 4 aromatic rings. The van der Waals surface area contributed by atoms with Gasteiger partial charge in [0, 0.05) is 35.1 Å². The van der Waals surface area contributed by atoms with Gasteiger partial charge in [0.15, 0.2) is 0 Å². The van der Waals surface area contributed by atoms with E-state index < -0.39 is 0 Å². The van der Waals surface area contributed by atoms with Gasteiger partial charge in [-0.05, 0) is 55.0 Å². The molecule has 0 fully saturated rings. The van der Waals surface area contributed by atoms with E-state index in [9.17, 15) is 0 Å². The van der Waals surface area contributed by atoms with E-state index in [1.807, 2.05) is 48.5 Å². The first-order valence-corrected chi connectivity index (χ1v) is 8.40. The lowest BCUT2D eigenvalue weighted by Gasteiger charge is -2.16. The van der Waals surface area contributed by atoms with Gasteiger partial charge in [0.1, 0.15) is 5.69 Å². The minimum atomic E-state index is 0.0806. The predicted octanol–water partition coefficient (Wildman–Crippen LogP) is 4.67. The van der Waals surface area contributed by atoms with Crippen molar-refractivity contribution < 1.29 is 0 Å². The average Bonchev–Trinajstić information content (AvgIpc) is 3.12. The molecule has 0 amide bonds. The van der Waals surface area contributed by atoms with Crippen LogP contribution in [0.4, 0.5) is 5.69 Å². The van der Waals surface area contributed by atoms with E-state index in [2.05, 4.69) is 39.6 Å². The zero-order valence-corrected chi connectivity index (χ0v) is 14.3. The number of benzene rings is 2. The van der Waals surface area contributed by atoms with Crippen LogP contribution in [-0.2, 0) is 0 Å². The van der Waals surface area contributed by atoms with Gasteiger partial charge in [0.25, 0.3) is 0 Å². The van der Waals surface area contributed by atoms with Crippen LogP contribution >= 0.6 is 0 Å². The molecule has 0 spiro atoms. The molecule has 0 aliphatic heterocycles. The molecule has 2 aromatic carbocycles. The van der Waals surface area contributed by atoms with Crippen molar-refractivity contribution in [1.29, 1.82) is 5.26 Å². The summed E-state index contributed by atoms with van der Waals surface area (Å²) in [5.74, 6) is 0. The number of pyridine rings is 1. The molecule has 5 heteroatoms. The third-order valence-corrected chi connectivity index (χ3v) is 4.42. The highest BCUT2D eigenvalue weighted by Crippen LogP contribution is 2.29. The molecule has 2 N–H and O–H groups in total. The summed E-state index contributed by atoms with van der Waals surface area (Å²) in [5.41, 5.74) is 5.67. The number of aromatic amines is 1. The quantitative estimate of drug-likeness (QED) is 0.566. The molecule has 4 rings (SSSR count). The number of anilines is 1. The second-order valence-electron chi connectivity index (χ2n) is 6.17. The fourth-order valence-corrected chi connectivity index (χ4v) is 3.04. The maximum Gasteiger partial charge on any atom is 0.100 e. The van der Waals surface area contributed by atoms with Crippen LogP contribution in [0, 0.1) is 11.3 Å². The molecule has 0 aliphatic rings. The molecule has 26 heavy (non-hydrogen) atoms. The van der Waals surface area contributed by atoms with Crippen molar-refractivity contribution in [2.24, 2.45) is 0 Å². The highest BCUT2D eigenvalue weighted by molar-refractivity contribution is 5.94. The standard InChI is InChI=1S/C21H17N5/c1-14(17-4-2-3-15(11-17)13-22)24-18-5-6-20-19(12-18)21(26-25-20)16-7-9-23-10-8-16/h2-12,14,24H,1H3,(H,25,26)/t14-/m0/s1. The van der Waals surface area contributed by atoms with Crippen LogP contribution in [0.5, 0.6) is 0 Å². The third kappa shape index (κ3) is 3.01. The number of rotatable bonds is 4. The number of nitrogens with zero attached hydrogens (tertiary/aromatic N) is 3. The number of aromatic nitrogens is 3. The van der Waals surface area contributed by atoms with E-state index in [0.29, 0.717) is 5.56 Å². The molecule has 0 radical (unpaired) electrons. The van der Waals surface area contributed by atoms with E-state index in [4.69, 9.17) is 5.26 Å². The molecular formula is C21H17N5. The predicted molar refractivity (Wildman–Crippen MR) is 103 cm³/mol. The summed E-state index contributed by atoms with van der Waals surface area (Å²) in [6.45, 7) is 2.08. The smallest absolute Gasteiger partial charge is 0.100 e. The molecule has 0 saturated carbocycles. The minimum Gasteiger partial charge on any atom is -0.379 e. The van der Waals surface area contributed by atoms with Crippen molar-refractivity contribution in [3.8, 4) is 17.3 Å². The molecular weight excluding hydrogens is 322 g/mol. The Morgan fingerprint density at radius 2 is 1.92 bits per heavy atom. The van der Waals surface area contributed by atoms with Crippen molar-refractivity contribution in [3.05, 3.63) is 78.1 Å². The third-order valence-electron chi connectivity index (χ3n) is 4.42. The van der Waals surface area contributed by atoms with Crippen LogP contribution in [0.2, 0.25) is 0 Å². The van der Waals surface area contributed by atoms with E-state index in [1.165, 1.54) is 0 Å². The zero-order chi connectivity index (χ0) is 17.9. The van der Waals surface area contributed by atoms with Crippen molar-refractivity contribution >= 4 is 16.6 Å². The van der Waals surface area contributed by atoms with Gasteiger partial charge in [0.05, 0.1) is 17.1 Å². The van der Waals surface area contributed by atoms with Gasteiger partial charge in [-0.3, -0.25) is 10.1 Å². The average molecular weight is 339 g/mol. The van der Waals surface area contributed by atoms with Gasteiger partial charge in [0.2, 0.25) is 0 Å². The van der Waals surface area contributed by atoms with E-state index in [1.54, 1.807) is 12.4 Å². The van der Waals surface area contributed by atoms with Gasteiger partial charge in [-0.25, -0.2) is 0 Å². The first-order valence-electron chi connectivity index (χ1n) is 8.40. The zero-order valence-electron chi connectivity index (χ0n) is 14.3. The van der Waals surface area contributed by atoms with Crippen LogP contribution in [0.3, 0.4) is 0 Å². The normalized spacial score (nSPS) is 11.8. The molecule has 0 aliphatic carbocycles. The van der Waals surface area contributed by atoms with Gasteiger partial charge in [-0.1, -0.05) is 12.1 Å². The Morgan fingerprint density at radius 3 is 2.73 bits per heavy atom. The van der Waals surface area contributed by atoms with Gasteiger partial charge in [-0.2, -0.15) is 10.4 Å². The topological polar surface area (TPSA) is 77.4 Å². The SMILES string of the molecule is C[C@H](Nc1ccc2[nH]nc(-c3ccncc3)c2c1)c1cccc(C#N)c1. The number of nitriles is 1. The molecule has 2 aromatic heterocycles. The van der Waals surface area contributed by atoms with Crippen LogP contribution in [-0.4, -0.2) is 15.2 Å². The Bertz CT molecular complexity index is 1090. The fraction of sp³-hybridized carbons (Fsp3) is 0.0952. The molecule has 2 heterocycles. The maximum atomic E-state index is 9.08. The van der Waals surface area contributed by atoms with E-state index in [0.717, 1.165) is 33.4 Å². The Balaban J connectivity index is 1.66. The van der Waals surface area contributed by atoms with E-state index >= 15 is 0 Å². The summed E-state index contributed by atoms with van der Waals surface area (Å²) < 4.78 is 0. The molecule has 5 nitrogen and oxygen atoms in total. The van der Waals surface area contributed by atoms with Crippen LogP contribution in [0.1, 0.15) is 24.1 Å². The van der Waals surface area contributed by atoms with Gasteiger partial charge < -0.3 is 5.32 Å². The van der Waals surface area contributed by atoms with Gasteiger partial charge >= 0.3 is 0 Å². The van der Waals surface area contributed by atoms with Crippen molar-refractivity contribution in [2.75, 3.05) is 5.32 Å². The molecule has 126 valence electrons. The van der Waals surface area contributed by atoms with Crippen LogP contribution < -0.4 is 5.32 Å². The minimum absolute atomic E-state index is 0.0806. The molecule has 0 bridgehead atoms. The van der Waals surface area contributed by atoms with Crippen LogP contribution in [0.25, 0.3) is 22.2 Å². The largest absolute Gasteiger partial charge is 0.379 e. The summed E-state index contributed by atoms with van der Waals surface area (Å²) in [5, 5.41) is 21.2. The van der Waals surface area contributed by atoms with Crippen molar-refractivity contribution in [2.45, 2.75) is 13.0 Å². The molecule has 1 atom stereocenters. The summed E-state index contributed by atoms with van der Waals surface area (Å²) in [6.07, 6.45) is 3.53. The first-order chi connectivity index (χ1) is 12.7. The Morgan fingerprint density at radius 1 is 1.08 bits per heavy atom. The lowest BCUT2D eigenvalue weighted by Crippen LogP contribution is -2.06. The Labute approximate surface area is 151 Å². The second-order valence-corrected chi connectivity index (χ2v) is 6.17. The second kappa shape index (κ2) is 6.69.